The molecular weight excluding hydrogens is 787 g/mol. The van der Waals surface area contributed by atoms with Crippen LogP contribution in [0.1, 0.15) is 145 Å². The second-order valence-electron chi connectivity index (χ2n) is 12.0. The number of carboxylic acids is 3. The summed E-state index contributed by atoms with van der Waals surface area (Å²) in [7, 11) is 0. The molecule has 0 saturated carbocycles. The fourth-order valence-electron chi connectivity index (χ4n) is 4.13. The van der Waals surface area contributed by atoms with Gasteiger partial charge in [0.05, 0.1) is 17.9 Å². The van der Waals surface area contributed by atoms with E-state index >= 15 is 0 Å². The number of carbonyl (C=O) groups is 4. The molecule has 8 nitrogen and oxygen atoms in total. The van der Waals surface area contributed by atoms with Gasteiger partial charge in [0.25, 0.3) is 0 Å². The quantitative estimate of drug-likeness (QED) is 0.0470. The van der Waals surface area contributed by atoms with Crippen LogP contribution in [0.3, 0.4) is 0 Å². The van der Waals surface area contributed by atoms with Gasteiger partial charge in [0.2, 0.25) is 0 Å². The summed E-state index contributed by atoms with van der Waals surface area (Å²) in [5, 5.41) is 30.5. The van der Waals surface area contributed by atoms with E-state index < -0.39 is 17.9 Å². The van der Waals surface area contributed by atoms with Crippen LogP contribution in [-0.4, -0.2) is 87.5 Å². The van der Waals surface area contributed by atoms with Gasteiger partial charge in [-0.05, 0) is 54.3 Å². The standard InChI is InChI=1S/3C10H20O2S.C7H13O2.Sn/c3*1-3-5-6-9(4-2)7-13-8-10(11)12;1-3-5-6-9-7(8)4-2;/h3*9H,3-8H2,1-2H3,(H,11,12);2-6H2,1H3;/q;;;;+3/p-3. The number of ether oxygens (including phenoxy) is 1. The minimum atomic E-state index is -0.949. The van der Waals surface area contributed by atoms with E-state index in [4.69, 9.17) is 4.74 Å². The third-order valence-corrected chi connectivity index (χ3v) is 11.6. The maximum atomic E-state index is 10.7. The third kappa shape index (κ3) is 52.2. The predicted molar refractivity (Wildman–Crippen MR) is 208 cm³/mol. The van der Waals surface area contributed by atoms with Gasteiger partial charge in [0.1, 0.15) is 0 Å². The zero-order valence-electron chi connectivity index (χ0n) is 32.0. The number of esters is 1. The number of carbonyl (C=O) groups excluding carboxylic acids is 4. The number of aliphatic carboxylic acids is 3. The summed E-state index contributed by atoms with van der Waals surface area (Å²) in [6.07, 6.45) is 17.3. The zero-order valence-corrected chi connectivity index (χ0v) is 37.3. The Morgan fingerprint density at radius 3 is 1.08 bits per heavy atom. The second kappa shape index (κ2) is 45.7. The monoisotopic (exact) mass is 858 g/mol. The van der Waals surface area contributed by atoms with E-state index in [9.17, 15) is 34.5 Å². The average molecular weight is 858 g/mol. The Bertz CT molecular complexity index is 670. The summed E-state index contributed by atoms with van der Waals surface area (Å²) < 4.78 is 5.87. The summed E-state index contributed by atoms with van der Waals surface area (Å²) in [5.74, 6) is 2.48. The molecule has 0 aliphatic heterocycles. The molecule has 0 aromatic carbocycles. The molecule has 3 unspecified atom stereocenters. The van der Waals surface area contributed by atoms with E-state index in [0.717, 1.165) is 53.8 Å². The summed E-state index contributed by atoms with van der Waals surface area (Å²) in [4.78, 5) is 41.2. The molecule has 12 heteroatoms. The van der Waals surface area contributed by atoms with Gasteiger partial charge in [-0.25, -0.2) is 0 Å². The summed E-state index contributed by atoms with van der Waals surface area (Å²) in [5.41, 5.74) is 0. The Balaban J connectivity index is -0.000000277. The van der Waals surface area contributed by atoms with Gasteiger partial charge in [-0.2, -0.15) is 35.3 Å². The van der Waals surface area contributed by atoms with Crippen LogP contribution in [0.25, 0.3) is 0 Å². The summed E-state index contributed by atoms with van der Waals surface area (Å²) in [6.45, 7) is 15.7. The van der Waals surface area contributed by atoms with Crippen LogP contribution < -0.4 is 15.3 Å². The molecule has 0 radical (unpaired) electrons. The van der Waals surface area contributed by atoms with E-state index in [1.807, 2.05) is 0 Å². The van der Waals surface area contributed by atoms with E-state index in [2.05, 4.69) is 48.5 Å². The maximum absolute atomic E-state index is 10.7. The molecule has 0 heterocycles. The number of rotatable bonds is 29. The number of carboxylic acid groups (broad SMARTS) is 3. The molecule has 0 N–H and O–H groups in total. The fourth-order valence-corrected chi connectivity index (χ4v) is 7.77. The van der Waals surface area contributed by atoms with E-state index in [-0.39, 0.29) is 23.2 Å². The molecule has 0 aromatic rings. The SMILES string of the molecule is CCCCC(CC)CSCC(=O)[O-].CCCCC(CC)CSCC(=O)[O-].CCCCC(CC)CSCC(=O)[O-].CCCCOC(=O)C[CH2][Sn+3]. The first-order valence-corrected chi connectivity index (χ1v) is 24.0. The van der Waals surface area contributed by atoms with E-state index in [0.29, 0.717) is 30.8 Å². The van der Waals surface area contributed by atoms with Crippen LogP contribution in [0.2, 0.25) is 4.44 Å². The molecule has 0 bridgehead atoms. The van der Waals surface area contributed by atoms with Crippen molar-refractivity contribution in [2.75, 3.05) is 41.1 Å². The van der Waals surface area contributed by atoms with Gasteiger partial charge in [-0.3, -0.25) is 0 Å². The van der Waals surface area contributed by atoms with Crippen molar-refractivity contribution in [3.05, 3.63) is 0 Å². The van der Waals surface area contributed by atoms with Gasteiger partial charge in [-0.15, -0.1) is 0 Å². The molecule has 0 aliphatic rings. The van der Waals surface area contributed by atoms with E-state index in [1.165, 1.54) is 116 Å². The van der Waals surface area contributed by atoms with Gasteiger partial charge in [0, 0.05) is 17.3 Å². The van der Waals surface area contributed by atoms with Crippen molar-refractivity contribution < 1.29 is 39.2 Å². The van der Waals surface area contributed by atoms with Crippen molar-refractivity contribution >= 4 is 81.7 Å². The molecule has 0 aliphatic carbocycles. The first-order chi connectivity index (χ1) is 23.4. The Morgan fingerprint density at radius 1 is 0.551 bits per heavy atom. The van der Waals surface area contributed by atoms with Crippen LogP contribution in [-0.2, 0) is 23.9 Å². The van der Waals surface area contributed by atoms with Gasteiger partial charge in [0.15, 0.2) is 0 Å². The average Bonchev–Trinajstić information content (AvgIpc) is 3.06. The number of hydrogen-bond donors (Lipinski definition) is 0. The summed E-state index contributed by atoms with van der Waals surface area (Å²) >= 11 is 5.85. The molecule has 0 aromatic heterocycles. The Hall–Kier alpha value is -0.271. The van der Waals surface area contributed by atoms with Crippen LogP contribution in [0.15, 0.2) is 0 Å². The van der Waals surface area contributed by atoms with Gasteiger partial charge in [-0.1, -0.05) is 99.3 Å². The molecule has 0 saturated heterocycles. The van der Waals surface area contributed by atoms with Gasteiger partial charge < -0.3 is 29.7 Å². The number of thioether (sulfide) groups is 3. The molecule has 288 valence electrons. The topological polar surface area (TPSA) is 147 Å². The van der Waals surface area contributed by atoms with Crippen molar-refractivity contribution in [1.29, 1.82) is 0 Å². The number of hydrogen-bond acceptors (Lipinski definition) is 11. The number of unbranched alkanes of at least 4 members (excludes halogenated alkanes) is 4. The molecule has 0 spiro atoms. The van der Waals surface area contributed by atoms with Crippen molar-refractivity contribution in [2.45, 2.75) is 149 Å². The van der Waals surface area contributed by atoms with Crippen LogP contribution >= 0.6 is 35.3 Å². The normalized spacial score (nSPS) is 12.1. The third-order valence-electron chi connectivity index (χ3n) is 7.44. The van der Waals surface area contributed by atoms with Gasteiger partial charge >= 0.3 is 75.3 Å². The summed E-state index contributed by atoms with van der Waals surface area (Å²) in [6, 6.07) is 0. The molecule has 49 heavy (non-hydrogen) atoms. The Kier molecular flexibility index (Phi) is 51.8. The fraction of sp³-hybridized carbons (Fsp3) is 0.892. The van der Waals surface area contributed by atoms with Crippen molar-refractivity contribution in [1.82, 2.24) is 0 Å². The minimum absolute atomic E-state index is 0.0368. The zero-order chi connectivity index (χ0) is 38.1. The molecule has 0 rings (SSSR count). The predicted octanol–water partition coefficient (Wildman–Crippen LogP) is 6.36. The molecule has 0 fully saturated rings. The van der Waals surface area contributed by atoms with Crippen LogP contribution in [0.4, 0.5) is 0 Å². The Labute approximate surface area is 327 Å². The Morgan fingerprint density at radius 2 is 0.857 bits per heavy atom. The van der Waals surface area contributed by atoms with Crippen molar-refractivity contribution in [3.8, 4) is 0 Å². The first-order valence-electron chi connectivity index (χ1n) is 18.5. The van der Waals surface area contributed by atoms with Crippen molar-refractivity contribution in [2.24, 2.45) is 17.8 Å². The second-order valence-corrected chi connectivity index (χ2v) is 16.5. The first kappa shape index (κ1) is 55.5. The molecule has 3 atom stereocenters. The van der Waals surface area contributed by atoms with Crippen molar-refractivity contribution in [3.63, 3.8) is 0 Å². The van der Waals surface area contributed by atoms with Crippen LogP contribution in [0.5, 0.6) is 0 Å². The van der Waals surface area contributed by atoms with Crippen LogP contribution in [0, 0.1) is 17.8 Å². The molecular formula is C37H70O8S3Sn. The van der Waals surface area contributed by atoms with E-state index in [1.54, 1.807) is 0 Å². The molecule has 0 amide bonds.